The quantitative estimate of drug-likeness (QED) is 0.637. The highest BCUT2D eigenvalue weighted by Gasteiger charge is 2.35. The van der Waals surface area contributed by atoms with Crippen molar-refractivity contribution in [1.29, 1.82) is 0 Å². The van der Waals surface area contributed by atoms with Gasteiger partial charge in [-0.1, -0.05) is 24.3 Å². The van der Waals surface area contributed by atoms with Crippen molar-refractivity contribution < 1.29 is 14.4 Å². The molecule has 14 heavy (non-hydrogen) atoms. The van der Waals surface area contributed by atoms with Gasteiger partial charge in [-0.2, -0.15) is 4.79 Å². The zero-order valence-electron chi connectivity index (χ0n) is 8.23. The molecular formula is C11H14NO2+. The van der Waals surface area contributed by atoms with Crippen molar-refractivity contribution in [2.45, 2.75) is 13.0 Å². The Labute approximate surface area is 83.2 Å². The number of rotatable bonds is 0. The van der Waals surface area contributed by atoms with Crippen LogP contribution in [0.25, 0.3) is 0 Å². The summed E-state index contributed by atoms with van der Waals surface area (Å²) < 4.78 is 0.108. The van der Waals surface area contributed by atoms with E-state index < -0.39 is 6.09 Å². The first-order chi connectivity index (χ1) is 6.62. The number of benzene rings is 1. The number of quaternary nitrogens is 1. The molecule has 0 saturated heterocycles. The summed E-state index contributed by atoms with van der Waals surface area (Å²) in [5.74, 6) is 0. The van der Waals surface area contributed by atoms with Crippen LogP contribution in [-0.4, -0.2) is 29.3 Å². The van der Waals surface area contributed by atoms with Crippen LogP contribution in [0.15, 0.2) is 24.3 Å². The zero-order chi connectivity index (χ0) is 10.2. The molecule has 0 saturated carbocycles. The van der Waals surface area contributed by atoms with Crippen LogP contribution in [0.4, 0.5) is 4.79 Å². The van der Waals surface area contributed by atoms with E-state index in [1.54, 1.807) is 7.05 Å². The summed E-state index contributed by atoms with van der Waals surface area (Å²) in [6.45, 7) is 1.29. The third-order valence-corrected chi connectivity index (χ3v) is 2.97. The Kier molecular flexibility index (Phi) is 2.04. The van der Waals surface area contributed by atoms with Gasteiger partial charge in [0.25, 0.3) is 0 Å². The average Bonchev–Trinajstić information content (AvgIpc) is 2.17. The predicted octanol–water partition coefficient (Wildman–Crippen LogP) is 1.87. The van der Waals surface area contributed by atoms with Gasteiger partial charge < -0.3 is 5.11 Å². The van der Waals surface area contributed by atoms with Crippen LogP contribution in [0.5, 0.6) is 0 Å². The van der Waals surface area contributed by atoms with E-state index >= 15 is 0 Å². The van der Waals surface area contributed by atoms with E-state index in [4.69, 9.17) is 5.11 Å². The molecule has 1 aliphatic rings. The SMILES string of the molecule is C[N+]1(C(=O)O)CCc2ccccc2C1. The van der Waals surface area contributed by atoms with Crippen molar-refractivity contribution in [3.63, 3.8) is 0 Å². The number of hydrogen-bond donors (Lipinski definition) is 1. The molecule has 1 atom stereocenters. The Morgan fingerprint density at radius 1 is 1.36 bits per heavy atom. The lowest BCUT2D eigenvalue weighted by Gasteiger charge is -2.32. The van der Waals surface area contributed by atoms with Gasteiger partial charge in [0.1, 0.15) is 6.54 Å². The van der Waals surface area contributed by atoms with Gasteiger partial charge >= 0.3 is 6.09 Å². The minimum atomic E-state index is -0.737. The average molecular weight is 192 g/mol. The summed E-state index contributed by atoms with van der Waals surface area (Å²) >= 11 is 0. The predicted molar refractivity (Wildman–Crippen MR) is 52.9 cm³/mol. The molecule has 1 aromatic rings. The largest absolute Gasteiger partial charge is 0.513 e. The molecular weight excluding hydrogens is 178 g/mol. The number of amides is 1. The smallest absolute Gasteiger partial charge is 0.435 e. The van der Waals surface area contributed by atoms with Crippen molar-refractivity contribution in [2.75, 3.05) is 13.6 Å². The first kappa shape index (κ1) is 9.21. The van der Waals surface area contributed by atoms with Gasteiger partial charge in [0, 0.05) is 12.0 Å². The monoisotopic (exact) mass is 192 g/mol. The summed E-state index contributed by atoms with van der Waals surface area (Å²) in [5, 5.41) is 9.10. The molecule has 1 N–H and O–H groups in total. The zero-order valence-corrected chi connectivity index (χ0v) is 8.23. The van der Waals surface area contributed by atoms with Gasteiger partial charge in [0.05, 0.1) is 13.6 Å². The molecule has 0 bridgehead atoms. The molecule has 3 heteroatoms. The van der Waals surface area contributed by atoms with E-state index in [0.29, 0.717) is 13.1 Å². The van der Waals surface area contributed by atoms with Gasteiger partial charge in [-0.15, -0.1) is 0 Å². The second-order valence-corrected chi connectivity index (χ2v) is 4.08. The molecule has 0 radical (unpaired) electrons. The summed E-state index contributed by atoms with van der Waals surface area (Å²) in [6.07, 6.45) is 0.124. The highest BCUT2D eigenvalue weighted by atomic mass is 16.4. The van der Waals surface area contributed by atoms with Crippen LogP contribution < -0.4 is 0 Å². The number of fused-ring (bicyclic) bond motifs is 1. The van der Waals surface area contributed by atoms with Crippen LogP contribution in [0.2, 0.25) is 0 Å². The molecule has 0 aliphatic carbocycles. The van der Waals surface area contributed by atoms with E-state index in [0.717, 1.165) is 6.42 Å². The molecule has 0 spiro atoms. The third kappa shape index (κ3) is 1.40. The van der Waals surface area contributed by atoms with E-state index in [9.17, 15) is 4.79 Å². The van der Waals surface area contributed by atoms with Gasteiger partial charge in [-0.05, 0) is 5.56 Å². The normalized spacial score (nSPS) is 25.5. The van der Waals surface area contributed by atoms with Gasteiger partial charge in [-0.3, -0.25) is 0 Å². The summed E-state index contributed by atoms with van der Waals surface area (Å²) in [4.78, 5) is 11.1. The molecule has 0 aromatic heterocycles. The van der Waals surface area contributed by atoms with Crippen molar-refractivity contribution in [2.24, 2.45) is 0 Å². The van der Waals surface area contributed by atoms with Crippen molar-refractivity contribution >= 4 is 6.09 Å². The first-order valence-corrected chi connectivity index (χ1v) is 4.77. The lowest BCUT2D eigenvalue weighted by atomic mass is 9.99. The number of nitrogens with zero attached hydrogens (tertiary/aromatic N) is 1. The highest BCUT2D eigenvalue weighted by molar-refractivity contribution is 5.57. The van der Waals surface area contributed by atoms with Crippen molar-refractivity contribution in [3.05, 3.63) is 35.4 Å². The summed E-state index contributed by atoms with van der Waals surface area (Å²) in [7, 11) is 1.78. The fourth-order valence-corrected chi connectivity index (χ4v) is 1.94. The molecule has 1 amide bonds. The molecule has 0 fully saturated rings. The van der Waals surface area contributed by atoms with E-state index in [2.05, 4.69) is 6.07 Å². The Morgan fingerprint density at radius 2 is 2.00 bits per heavy atom. The van der Waals surface area contributed by atoms with Gasteiger partial charge in [0.15, 0.2) is 0 Å². The maximum atomic E-state index is 11.1. The molecule has 1 unspecified atom stereocenters. The fraction of sp³-hybridized carbons (Fsp3) is 0.364. The van der Waals surface area contributed by atoms with E-state index in [1.807, 2.05) is 18.2 Å². The second kappa shape index (κ2) is 3.10. The standard InChI is InChI=1S/C11H13NO2/c1-12(11(13)14)7-6-9-4-2-3-5-10(9)8-12/h2-5H,6-8H2,1H3/p+1. The molecule has 1 aromatic carbocycles. The first-order valence-electron chi connectivity index (χ1n) is 4.77. The summed E-state index contributed by atoms with van der Waals surface area (Å²) in [6, 6.07) is 8.08. The number of carboxylic acid groups (broad SMARTS) is 1. The van der Waals surface area contributed by atoms with E-state index in [-0.39, 0.29) is 4.48 Å². The number of hydrogen-bond acceptors (Lipinski definition) is 1. The van der Waals surface area contributed by atoms with Crippen LogP contribution >= 0.6 is 0 Å². The number of carbonyl (C=O) groups is 1. The minimum absolute atomic E-state index is 0.108. The molecule has 2 rings (SSSR count). The highest BCUT2D eigenvalue weighted by Crippen LogP contribution is 2.23. The maximum absolute atomic E-state index is 11.1. The third-order valence-electron chi connectivity index (χ3n) is 2.97. The number of likely N-dealkylation sites (N-methyl/N-ethyl adjacent to an activating group) is 1. The Hall–Kier alpha value is -1.35. The molecule has 74 valence electrons. The topological polar surface area (TPSA) is 37.3 Å². The summed E-state index contributed by atoms with van der Waals surface area (Å²) in [5.41, 5.74) is 2.47. The minimum Gasteiger partial charge on any atom is -0.435 e. The lowest BCUT2D eigenvalue weighted by Crippen LogP contribution is -2.51. The van der Waals surface area contributed by atoms with Gasteiger partial charge in [-0.25, -0.2) is 4.48 Å². The Bertz CT molecular complexity index is 375. The van der Waals surface area contributed by atoms with Crippen molar-refractivity contribution in [1.82, 2.24) is 0 Å². The molecule has 1 aliphatic heterocycles. The van der Waals surface area contributed by atoms with E-state index in [1.165, 1.54) is 11.1 Å². The molecule has 3 nitrogen and oxygen atoms in total. The van der Waals surface area contributed by atoms with Crippen LogP contribution in [0.1, 0.15) is 11.1 Å². The van der Waals surface area contributed by atoms with Crippen LogP contribution in [-0.2, 0) is 13.0 Å². The van der Waals surface area contributed by atoms with Gasteiger partial charge in [0.2, 0.25) is 0 Å². The fourth-order valence-electron chi connectivity index (χ4n) is 1.94. The van der Waals surface area contributed by atoms with Crippen molar-refractivity contribution in [3.8, 4) is 0 Å². The van der Waals surface area contributed by atoms with Crippen LogP contribution in [0, 0.1) is 0 Å². The second-order valence-electron chi connectivity index (χ2n) is 4.08. The van der Waals surface area contributed by atoms with Crippen LogP contribution in [0.3, 0.4) is 0 Å². The maximum Gasteiger partial charge on any atom is 0.513 e. The Morgan fingerprint density at radius 3 is 2.64 bits per heavy atom. The molecule has 1 heterocycles. The lowest BCUT2D eigenvalue weighted by molar-refractivity contribution is -0.853. The Balaban J connectivity index is 2.34.